The number of hydrogen-bond donors (Lipinski definition) is 0. The second kappa shape index (κ2) is 6.71. The van der Waals surface area contributed by atoms with Gasteiger partial charge in [0.25, 0.3) is 0 Å². The Hall–Kier alpha value is -2.19. The standard InChI is InChI=1S/C20H21NO/c1-16-7-9-17(10-8-16)13-19-15-21(12-11-20(19)22)14-18-5-3-2-4-6-18/h2-10,13H,11-12,14-15H2,1H3/b19-13+. The first kappa shape index (κ1) is 14.7. The molecule has 0 spiro atoms. The van der Waals surface area contributed by atoms with Crippen LogP contribution < -0.4 is 0 Å². The first-order valence-corrected chi connectivity index (χ1v) is 7.77. The van der Waals surface area contributed by atoms with Crippen molar-refractivity contribution in [2.45, 2.75) is 19.9 Å². The van der Waals surface area contributed by atoms with E-state index in [1.54, 1.807) is 0 Å². The molecule has 0 unspecified atom stereocenters. The van der Waals surface area contributed by atoms with E-state index in [0.717, 1.165) is 30.8 Å². The van der Waals surface area contributed by atoms with Gasteiger partial charge in [-0.1, -0.05) is 60.2 Å². The van der Waals surface area contributed by atoms with Gasteiger partial charge in [0.05, 0.1) is 0 Å². The van der Waals surface area contributed by atoms with Crippen LogP contribution in [0.5, 0.6) is 0 Å². The minimum Gasteiger partial charge on any atom is -0.294 e. The third-order valence-electron chi connectivity index (χ3n) is 4.07. The van der Waals surface area contributed by atoms with Crippen LogP contribution in [0.1, 0.15) is 23.1 Å². The number of piperidine rings is 1. The van der Waals surface area contributed by atoms with E-state index in [0.29, 0.717) is 6.42 Å². The quantitative estimate of drug-likeness (QED) is 0.801. The van der Waals surface area contributed by atoms with Gasteiger partial charge in [0.2, 0.25) is 0 Å². The molecule has 1 heterocycles. The van der Waals surface area contributed by atoms with Crippen LogP contribution in [0.3, 0.4) is 0 Å². The Morgan fingerprint density at radius 2 is 1.77 bits per heavy atom. The van der Waals surface area contributed by atoms with E-state index >= 15 is 0 Å². The van der Waals surface area contributed by atoms with Gasteiger partial charge >= 0.3 is 0 Å². The Balaban J connectivity index is 1.73. The summed E-state index contributed by atoms with van der Waals surface area (Å²) in [5.41, 5.74) is 4.57. The predicted octanol–water partition coefficient (Wildman–Crippen LogP) is 3.85. The topological polar surface area (TPSA) is 20.3 Å². The molecule has 0 bridgehead atoms. The highest BCUT2D eigenvalue weighted by Gasteiger charge is 2.21. The summed E-state index contributed by atoms with van der Waals surface area (Å²) in [4.78, 5) is 14.5. The summed E-state index contributed by atoms with van der Waals surface area (Å²) in [6.07, 6.45) is 2.66. The third kappa shape index (κ3) is 3.71. The summed E-state index contributed by atoms with van der Waals surface area (Å²) in [6, 6.07) is 18.8. The minimum atomic E-state index is 0.282. The molecule has 2 heteroatoms. The molecule has 1 saturated heterocycles. The second-order valence-electron chi connectivity index (χ2n) is 5.95. The summed E-state index contributed by atoms with van der Waals surface area (Å²) in [5.74, 6) is 0.282. The van der Waals surface area contributed by atoms with Gasteiger partial charge in [-0.3, -0.25) is 9.69 Å². The molecular formula is C20H21NO. The molecule has 112 valence electrons. The van der Waals surface area contributed by atoms with Crippen molar-refractivity contribution < 1.29 is 4.79 Å². The molecule has 0 saturated carbocycles. The number of Topliss-reactive ketones (excluding diaryl/α,β-unsaturated/α-hetero) is 1. The predicted molar refractivity (Wildman–Crippen MR) is 90.5 cm³/mol. The van der Waals surface area contributed by atoms with Crippen molar-refractivity contribution in [2.75, 3.05) is 13.1 Å². The molecular weight excluding hydrogens is 270 g/mol. The number of ketones is 1. The molecule has 2 nitrogen and oxygen atoms in total. The highest BCUT2D eigenvalue weighted by molar-refractivity contribution is 6.00. The molecule has 0 N–H and O–H groups in total. The number of carbonyl (C=O) groups excluding carboxylic acids is 1. The smallest absolute Gasteiger partial charge is 0.161 e. The van der Waals surface area contributed by atoms with Crippen molar-refractivity contribution in [2.24, 2.45) is 0 Å². The van der Waals surface area contributed by atoms with Crippen LogP contribution in [0.25, 0.3) is 6.08 Å². The summed E-state index contributed by atoms with van der Waals surface area (Å²) in [5, 5.41) is 0. The second-order valence-corrected chi connectivity index (χ2v) is 5.95. The molecule has 0 aromatic heterocycles. The van der Waals surface area contributed by atoms with Crippen LogP contribution in [0.2, 0.25) is 0 Å². The van der Waals surface area contributed by atoms with Crippen LogP contribution in [0.4, 0.5) is 0 Å². The molecule has 3 rings (SSSR count). The maximum Gasteiger partial charge on any atom is 0.161 e. The first-order valence-electron chi connectivity index (χ1n) is 7.77. The monoisotopic (exact) mass is 291 g/mol. The van der Waals surface area contributed by atoms with E-state index in [2.05, 4.69) is 60.4 Å². The molecule has 2 aromatic carbocycles. The molecule has 0 aliphatic carbocycles. The summed E-state index contributed by atoms with van der Waals surface area (Å²) < 4.78 is 0. The van der Waals surface area contributed by atoms with Crippen molar-refractivity contribution >= 4 is 11.9 Å². The molecule has 1 aliphatic heterocycles. The van der Waals surface area contributed by atoms with Gasteiger partial charge in [0.1, 0.15) is 0 Å². The zero-order chi connectivity index (χ0) is 15.4. The van der Waals surface area contributed by atoms with Crippen LogP contribution in [0, 0.1) is 6.92 Å². The normalized spacial score (nSPS) is 17.9. The fourth-order valence-electron chi connectivity index (χ4n) is 2.79. The zero-order valence-corrected chi connectivity index (χ0v) is 13.0. The van der Waals surface area contributed by atoms with E-state index in [-0.39, 0.29) is 5.78 Å². The first-order chi connectivity index (χ1) is 10.7. The van der Waals surface area contributed by atoms with Crippen molar-refractivity contribution in [3.63, 3.8) is 0 Å². The average molecular weight is 291 g/mol. The SMILES string of the molecule is Cc1ccc(/C=C2\CN(Cc3ccccc3)CCC2=O)cc1. The summed E-state index contributed by atoms with van der Waals surface area (Å²) in [6.45, 7) is 4.56. The van der Waals surface area contributed by atoms with Crippen molar-refractivity contribution in [3.8, 4) is 0 Å². The van der Waals surface area contributed by atoms with Gasteiger partial charge in [-0.2, -0.15) is 0 Å². The van der Waals surface area contributed by atoms with Crippen LogP contribution >= 0.6 is 0 Å². The van der Waals surface area contributed by atoms with Crippen LogP contribution in [-0.2, 0) is 11.3 Å². The van der Waals surface area contributed by atoms with Gasteiger partial charge in [-0.15, -0.1) is 0 Å². The Morgan fingerprint density at radius 1 is 1.05 bits per heavy atom. The Morgan fingerprint density at radius 3 is 2.50 bits per heavy atom. The number of carbonyl (C=O) groups is 1. The Kier molecular flexibility index (Phi) is 4.50. The number of rotatable bonds is 3. The van der Waals surface area contributed by atoms with Crippen LogP contribution in [-0.4, -0.2) is 23.8 Å². The van der Waals surface area contributed by atoms with Crippen molar-refractivity contribution in [1.82, 2.24) is 4.90 Å². The number of hydrogen-bond acceptors (Lipinski definition) is 2. The van der Waals surface area contributed by atoms with Crippen molar-refractivity contribution in [1.29, 1.82) is 0 Å². The lowest BCUT2D eigenvalue weighted by atomic mass is 9.99. The largest absolute Gasteiger partial charge is 0.294 e. The number of aryl methyl sites for hydroxylation is 1. The third-order valence-corrected chi connectivity index (χ3v) is 4.07. The van der Waals surface area contributed by atoms with E-state index in [9.17, 15) is 4.79 Å². The van der Waals surface area contributed by atoms with E-state index in [1.165, 1.54) is 11.1 Å². The number of likely N-dealkylation sites (tertiary alicyclic amines) is 1. The number of nitrogens with zero attached hydrogens (tertiary/aromatic N) is 1. The van der Waals surface area contributed by atoms with E-state index in [4.69, 9.17) is 0 Å². The molecule has 0 radical (unpaired) electrons. The molecule has 1 fully saturated rings. The highest BCUT2D eigenvalue weighted by atomic mass is 16.1. The summed E-state index contributed by atoms with van der Waals surface area (Å²) in [7, 11) is 0. The van der Waals surface area contributed by atoms with Crippen LogP contribution in [0.15, 0.2) is 60.2 Å². The Bertz CT molecular complexity index is 671. The van der Waals surface area contributed by atoms with Gasteiger partial charge in [-0.05, 0) is 24.1 Å². The lowest BCUT2D eigenvalue weighted by Crippen LogP contribution is -2.35. The van der Waals surface area contributed by atoms with E-state index in [1.807, 2.05) is 12.1 Å². The van der Waals surface area contributed by atoms with Crippen molar-refractivity contribution in [3.05, 3.63) is 76.9 Å². The summed E-state index contributed by atoms with van der Waals surface area (Å²) >= 11 is 0. The maximum atomic E-state index is 12.2. The van der Waals surface area contributed by atoms with E-state index < -0.39 is 0 Å². The number of benzene rings is 2. The highest BCUT2D eigenvalue weighted by Crippen LogP contribution is 2.18. The van der Waals surface area contributed by atoms with Gasteiger partial charge in [0, 0.05) is 31.6 Å². The minimum absolute atomic E-state index is 0.282. The van der Waals surface area contributed by atoms with Gasteiger partial charge in [0.15, 0.2) is 5.78 Å². The van der Waals surface area contributed by atoms with Gasteiger partial charge < -0.3 is 0 Å². The molecule has 22 heavy (non-hydrogen) atoms. The lowest BCUT2D eigenvalue weighted by Gasteiger charge is -2.27. The average Bonchev–Trinajstić information content (AvgIpc) is 2.54. The lowest BCUT2D eigenvalue weighted by molar-refractivity contribution is -0.117. The van der Waals surface area contributed by atoms with Gasteiger partial charge in [-0.25, -0.2) is 0 Å². The molecule has 2 aromatic rings. The Labute approximate surface area is 132 Å². The fraction of sp³-hybridized carbons (Fsp3) is 0.250. The molecule has 1 aliphatic rings. The fourth-order valence-corrected chi connectivity index (χ4v) is 2.79. The zero-order valence-electron chi connectivity index (χ0n) is 13.0. The maximum absolute atomic E-state index is 12.2. The molecule has 0 atom stereocenters. The molecule has 0 amide bonds.